The molecule has 0 saturated carbocycles. The Balaban J connectivity index is 1.86. The van der Waals surface area contributed by atoms with Gasteiger partial charge in [0.1, 0.15) is 11.5 Å². The van der Waals surface area contributed by atoms with Gasteiger partial charge >= 0.3 is 0 Å². The Morgan fingerprint density at radius 2 is 2.07 bits per heavy atom. The van der Waals surface area contributed by atoms with E-state index in [1.807, 2.05) is 37.8 Å². The summed E-state index contributed by atoms with van der Waals surface area (Å²) < 4.78 is 11.1. The lowest BCUT2D eigenvalue weighted by atomic mass is 9.97. The molecule has 4 rings (SSSR count). The Morgan fingerprint density at radius 1 is 1.26 bits per heavy atom. The predicted molar refractivity (Wildman–Crippen MR) is 103 cm³/mol. The first-order chi connectivity index (χ1) is 13.0. The molecule has 1 aliphatic heterocycles. The number of carbonyl (C=O) groups excluding carboxylic acids is 1. The number of hydrogen-bond donors (Lipinski definition) is 0. The van der Waals surface area contributed by atoms with E-state index in [1.165, 1.54) is 6.42 Å². The van der Waals surface area contributed by atoms with E-state index in [0.717, 1.165) is 42.9 Å². The molecule has 6 nitrogen and oxygen atoms in total. The quantitative estimate of drug-likeness (QED) is 0.664. The summed E-state index contributed by atoms with van der Waals surface area (Å²) in [5.41, 5.74) is 3.27. The first-order valence-corrected chi connectivity index (χ1v) is 9.65. The molecule has 3 aromatic heterocycles. The Labute approximate surface area is 158 Å². The molecule has 1 amide bonds. The number of pyridine rings is 1. The zero-order chi connectivity index (χ0) is 19.1. The largest absolute Gasteiger partial charge is 0.466 e. The van der Waals surface area contributed by atoms with Gasteiger partial charge in [0.05, 0.1) is 22.3 Å². The molecule has 0 spiro atoms. The first-order valence-electron chi connectivity index (χ1n) is 9.65. The maximum Gasteiger partial charge on any atom is 0.259 e. The van der Waals surface area contributed by atoms with Crippen molar-refractivity contribution < 1.29 is 13.7 Å². The SMILES string of the molecule is CCC1CCCCN1C(=O)c1cc(-c2cc(C)oc2C)nc2onc(C)c12. The number of rotatable bonds is 3. The summed E-state index contributed by atoms with van der Waals surface area (Å²) in [6, 6.07) is 4.10. The van der Waals surface area contributed by atoms with Gasteiger partial charge in [-0.15, -0.1) is 0 Å². The highest BCUT2D eigenvalue weighted by Gasteiger charge is 2.29. The van der Waals surface area contributed by atoms with Crippen molar-refractivity contribution in [2.45, 2.75) is 59.4 Å². The molecule has 0 N–H and O–H groups in total. The number of aryl methyl sites for hydroxylation is 3. The van der Waals surface area contributed by atoms with Crippen LogP contribution in [0.4, 0.5) is 0 Å². The number of likely N-dealkylation sites (tertiary alicyclic amines) is 1. The number of amides is 1. The fourth-order valence-corrected chi connectivity index (χ4v) is 4.13. The first kappa shape index (κ1) is 17.8. The van der Waals surface area contributed by atoms with Crippen LogP contribution in [-0.2, 0) is 0 Å². The number of nitrogens with zero attached hydrogens (tertiary/aromatic N) is 3. The van der Waals surface area contributed by atoms with Crippen molar-refractivity contribution in [3.63, 3.8) is 0 Å². The van der Waals surface area contributed by atoms with Crippen molar-refractivity contribution in [3.8, 4) is 11.3 Å². The van der Waals surface area contributed by atoms with Gasteiger partial charge in [0.15, 0.2) is 0 Å². The summed E-state index contributed by atoms with van der Waals surface area (Å²) in [6.07, 6.45) is 4.26. The Morgan fingerprint density at radius 3 is 2.78 bits per heavy atom. The van der Waals surface area contributed by atoms with Gasteiger partial charge in [0.25, 0.3) is 11.6 Å². The van der Waals surface area contributed by atoms with Gasteiger partial charge in [-0.1, -0.05) is 12.1 Å². The number of hydrogen-bond acceptors (Lipinski definition) is 5. The van der Waals surface area contributed by atoms with Crippen LogP contribution in [0.25, 0.3) is 22.4 Å². The van der Waals surface area contributed by atoms with Gasteiger partial charge in [0, 0.05) is 18.2 Å². The number of furan rings is 1. The summed E-state index contributed by atoms with van der Waals surface area (Å²) in [4.78, 5) is 20.1. The van der Waals surface area contributed by atoms with Crippen molar-refractivity contribution in [3.05, 3.63) is 34.9 Å². The topological polar surface area (TPSA) is 72.4 Å². The molecular formula is C21H25N3O3. The maximum absolute atomic E-state index is 13.5. The summed E-state index contributed by atoms with van der Waals surface area (Å²) in [7, 11) is 0. The third kappa shape index (κ3) is 3.03. The fourth-order valence-electron chi connectivity index (χ4n) is 4.13. The van der Waals surface area contributed by atoms with Crippen LogP contribution in [0.5, 0.6) is 0 Å². The van der Waals surface area contributed by atoms with Crippen molar-refractivity contribution in [1.82, 2.24) is 15.0 Å². The highest BCUT2D eigenvalue weighted by Crippen LogP contribution is 2.32. The van der Waals surface area contributed by atoms with Crippen LogP contribution in [-0.4, -0.2) is 33.5 Å². The molecule has 0 radical (unpaired) electrons. The molecule has 1 fully saturated rings. The van der Waals surface area contributed by atoms with E-state index in [1.54, 1.807) is 0 Å². The Bertz CT molecular complexity index is 1000. The van der Waals surface area contributed by atoms with E-state index in [4.69, 9.17) is 8.94 Å². The molecular weight excluding hydrogens is 342 g/mol. The van der Waals surface area contributed by atoms with Gasteiger partial charge in [-0.3, -0.25) is 4.79 Å². The lowest BCUT2D eigenvalue weighted by molar-refractivity contribution is 0.0610. The zero-order valence-corrected chi connectivity index (χ0v) is 16.3. The van der Waals surface area contributed by atoms with Crippen LogP contribution >= 0.6 is 0 Å². The molecule has 142 valence electrons. The third-order valence-electron chi connectivity index (χ3n) is 5.52. The molecule has 1 saturated heterocycles. The normalized spacial score (nSPS) is 17.6. The van der Waals surface area contributed by atoms with Crippen molar-refractivity contribution in [1.29, 1.82) is 0 Å². The second-order valence-corrected chi connectivity index (χ2v) is 7.39. The van der Waals surface area contributed by atoms with E-state index >= 15 is 0 Å². The fraction of sp³-hybridized carbons (Fsp3) is 0.476. The summed E-state index contributed by atoms with van der Waals surface area (Å²) in [6.45, 7) is 8.60. The lowest BCUT2D eigenvalue weighted by Gasteiger charge is -2.35. The molecule has 0 aliphatic carbocycles. The van der Waals surface area contributed by atoms with Gasteiger partial charge < -0.3 is 13.8 Å². The van der Waals surface area contributed by atoms with Crippen LogP contribution in [0.3, 0.4) is 0 Å². The second kappa shape index (κ2) is 6.83. The standard InChI is InChI=1S/C21H25N3O3/c1-5-15-8-6-7-9-24(15)21(25)17-11-18(16-10-12(2)26-14(16)4)22-20-19(17)13(3)23-27-20/h10-11,15H,5-9H2,1-4H3. The van der Waals surface area contributed by atoms with Crippen molar-refractivity contribution >= 4 is 17.0 Å². The molecule has 1 aliphatic rings. The van der Waals surface area contributed by atoms with E-state index in [0.29, 0.717) is 28.1 Å². The van der Waals surface area contributed by atoms with Crippen LogP contribution in [0.1, 0.15) is 60.2 Å². The van der Waals surface area contributed by atoms with Gasteiger partial charge in [-0.2, -0.15) is 0 Å². The molecule has 3 aromatic rings. The van der Waals surface area contributed by atoms with Crippen LogP contribution in [0.2, 0.25) is 0 Å². The van der Waals surface area contributed by atoms with Gasteiger partial charge in [0.2, 0.25) is 0 Å². The highest BCUT2D eigenvalue weighted by atomic mass is 16.5. The lowest BCUT2D eigenvalue weighted by Crippen LogP contribution is -2.43. The van der Waals surface area contributed by atoms with E-state index in [2.05, 4.69) is 17.1 Å². The monoisotopic (exact) mass is 367 g/mol. The van der Waals surface area contributed by atoms with Crippen LogP contribution < -0.4 is 0 Å². The molecule has 1 atom stereocenters. The molecule has 27 heavy (non-hydrogen) atoms. The average Bonchev–Trinajstić information content (AvgIpc) is 3.22. The summed E-state index contributed by atoms with van der Waals surface area (Å²) in [5.74, 6) is 1.63. The van der Waals surface area contributed by atoms with E-state index < -0.39 is 0 Å². The number of aromatic nitrogens is 2. The van der Waals surface area contributed by atoms with Crippen LogP contribution in [0, 0.1) is 20.8 Å². The van der Waals surface area contributed by atoms with Gasteiger partial charge in [-0.05, 0) is 58.6 Å². The second-order valence-electron chi connectivity index (χ2n) is 7.39. The Hall–Kier alpha value is -2.63. The highest BCUT2D eigenvalue weighted by molar-refractivity contribution is 6.07. The zero-order valence-electron chi connectivity index (χ0n) is 16.3. The Kier molecular flexibility index (Phi) is 4.50. The number of fused-ring (bicyclic) bond motifs is 1. The minimum atomic E-state index is 0.0411. The molecule has 0 bridgehead atoms. The van der Waals surface area contributed by atoms with E-state index in [9.17, 15) is 4.79 Å². The minimum absolute atomic E-state index is 0.0411. The average molecular weight is 367 g/mol. The molecule has 6 heteroatoms. The van der Waals surface area contributed by atoms with Gasteiger partial charge in [-0.25, -0.2) is 4.98 Å². The maximum atomic E-state index is 13.5. The molecule has 1 unspecified atom stereocenters. The van der Waals surface area contributed by atoms with Crippen molar-refractivity contribution in [2.24, 2.45) is 0 Å². The third-order valence-corrected chi connectivity index (χ3v) is 5.52. The minimum Gasteiger partial charge on any atom is -0.466 e. The number of piperidine rings is 1. The van der Waals surface area contributed by atoms with Crippen LogP contribution in [0.15, 0.2) is 21.1 Å². The smallest absolute Gasteiger partial charge is 0.259 e. The summed E-state index contributed by atoms with van der Waals surface area (Å²) >= 11 is 0. The molecule has 4 heterocycles. The summed E-state index contributed by atoms with van der Waals surface area (Å²) in [5, 5.41) is 4.76. The molecule has 0 aromatic carbocycles. The predicted octanol–water partition coefficient (Wildman–Crippen LogP) is 4.81. The number of carbonyl (C=O) groups is 1. The van der Waals surface area contributed by atoms with E-state index in [-0.39, 0.29) is 11.9 Å². The van der Waals surface area contributed by atoms with Crippen molar-refractivity contribution in [2.75, 3.05) is 6.54 Å².